The number of benzene rings is 4. The smallest absolute Gasteiger partial charge is 0.292 e. The topological polar surface area (TPSA) is 165 Å². The van der Waals surface area contributed by atoms with E-state index in [1.165, 1.54) is 29.3 Å². The summed E-state index contributed by atoms with van der Waals surface area (Å²) < 4.78 is 0. The zero-order valence-electron chi connectivity index (χ0n) is 21.6. The van der Waals surface area contributed by atoms with Crippen molar-refractivity contribution >= 4 is 28.4 Å². The van der Waals surface area contributed by atoms with E-state index in [4.69, 9.17) is 15.9 Å². The van der Waals surface area contributed by atoms with Crippen molar-refractivity contribution in [3.05, 3.63) is 134 Å². The molecule has 43 heavy (non-hydrogen) atoms. The molecular weight excluding hydrogens is 548 g/mol. The molecule has 5 N–H and O–H groups in total. The molecule has 4 rings (SSSR count). The second-order valence-electron chi connectivity index (χ2n) is 8.34. The van der Waals surface area contributed by atoms with Gasteiger partial charge in [-0.3, -0.25) is 20.2 Å². The van der Waals surface area contributed by atoms with E-state index in [0.29, 0.717) is 12.1 Å². The predicted molar refractivity (Wildman–Crippen MR) is 180 cm³/mol. The average Bonchev–Trinajstić information content (AvgIpc) is 2.92. The van der Waals surface area contributed by atoms with Gasteiger partial charge in [0, 0.05) is 31.0 Å². The van der Waals surface area contributed by atoms with Crippen LogP contribution in [0.3, 0.4) is 0 Å². The number of hydrogen-bond acceptors (Lipinski definition) is 8. The molecule has 0 amide bonds. The summed E-state index contributed by atoms with van der Waals surface area (Å²) in [5, 5.41) is 41.5. The van der Waals surface area contributed by atoms with Crippen LogP contribution in [0, 0.1) is 27.2 Å². The number of nitrogens with two attached hydrogens (primary N) is 1. The van der Waals surface area contributed by atoms with Crippen LogP contribution in [-0.2, 0) is 12.8 Å². The van der Waals surface area contributed by atoms with E-state index >= 15 is 0 Å². The van der Waals surface area contributed by atoms with Crippen molar-refractivity contribution in [2.75, 3.05) is 24.3 Å². The quantitative estimate of drug-likeness (QED) is 0.0899. The molecule has 0 fully saturated rings. The van der Waals surface area contributed by atoms with Gasteiger partial charge in [0.1, 0.15) is 11.4 Å². The van der Waals surface area contributed by atoms with Crippen molar-refractivity contribution in [3.63, 3.8) is 0 Å². The van der Waals surface area contributed by atoms with E-state index in [0.717, 1.165) is 17.7 Å². The molecule has 4 aromatic carbocycles. The lowest BCUT2D eigenvalue weighted by molar-refractivity contribution is -0.384. The van der Waals surface area contributed by atoms with Crippen LogP contribution < -0.4 is 11.1 Å². The number of nitrogen functional groups attached to an aromatic ring is 1. The monoisotopic (exact) mass is 596 g/mol. The fourth-order valence-electron chi connectivity index (χ4n) is 3.32. The number of anilines is 3. The summed E-state index contributed by atoms with van der Waals surface area (Å²) in [6.45, 7) is 2.41. The molecule has 236 valence electrons. The third-order valence-corrected chi connectivity index (χ3v) is 5.39. The first kappa shape index (κ1) is 42.7. The molecule has 0 spiro atoms. The molecule has 4 aromatic rings. The van der Waals surface area contributed by atoms with Crippen molar-refractivity contribution in [2.45, 2.75) is 49.5 Å². The zero-order chi connectivity index (χ0) is 28.6. The SMILES string of the molecule is C.C.C.C.Cc1ccc(CCO)cc1.Nc1ccccc1[N+](=O)[O-].O=[N+]([O-])c1ccccc1Nc1ccc(CCO)cc1. The summed E-state index contributed by atoms with van der Waals surface area (Å²) in [6.07, 6.45) is 1.37. The first-order valence-electron chi connectivity index (χ1n) is 12.1. The Balaban J connectivity index is -0.000000576. The van der Waals surface area contributed by atoms with Gasteiger partial charge in [-0.1, -0.05) is 95.9 Å². The summed E-state index contributed by atoms with van der Waals surface area (Å²) >= 11 is 0. The Kier molecular flexibility index (Phi) is 22.7. The third-order valence-electron chi connectivity index (χ3n) is 5.39. The van der Waals surface area contributed by atoms with Gasteiger partial charge in [-0.25, -0.2) is 0 Å². The standard InChI is InChI=1S/C14H14N2O3.C9H12O.C6H6N2O2.4CH4/c17-10-9-11-5-7-12(8-6-11)15-13-3-1-2-4-14(13)16(18)19;1-8-2-4-9(5-3-8)6-7-10;7-5-3-1-2-4-6(5)8(9)10;;;;/h1-8,15,17H,9-10H2;2-5,10H,6-7H2,1H3;1-4H,7H2;4*1H4. The molecule has 10 heteroatoms. The predicted octanol–water partition coefficient (Wildman–Crippen LogP) is 8.12. The number of para-hydroxylation sites is 4. The van der Waals surface area contributed by atoms with E-state index in [1.807, 2.05) is 36.4 Å². The van der Waals surface area contributed by atoms with Gasteiger partial charge in [-0.15, -0.1) is 0 Å². The van der Waals surface area contributed by atoms with Crippen LogP contribution in [0.1, 0.15) is 46.4 Å². The molecule has 0 heterocycles. The van der Waals surface area contributed by atoms with Gasteiger partial charge in [0.2, 0.25) is 0 Å². The fourth-order valence-corrected chi connectivity index (χ4v) is 3.32. The van der Waals surface area contributed by atoms with Gasteiger partial charge < -0.3 is 21.3 Å². The lowest BCUT2D eigenvalue weighted by Crippen LogP contribution is -1.97. The maximum atomic E-state index is 10.9. The summed E-state index contributed by atoms with van der Waals surface area (Å²) in [4.78, 5) is 20.1. The second kappa shape index (κ2) is 22.8. The van der Waals surface area contributed by atoms with Crippen LogP contribution >= 0.6 is 0 Å². The van der Waals surface area contributed by atoms with E-state index in [2.05, 4.69) is 24.4 Å². The Morgan fingerprint density at radius 3 is 1.49 bits per heavy atom. The highest BCUT2D eigenvalue weighted by Crippen LogP contribution is 2.27. The number of nitrogens with zero attached hydrogens (tertiary/aromatic N) is 2. The van der Waals surface area contributed by atoms with E-state index < -0.39 is 9.85 Å². The highest BCUT2D eigenvalue weighted by Gasteiger charge is 2.12. The molecule has 0 unspecified atom stereocenters. The van der Waals surface area contributed by atoms with Gasteiger partial charge in [-0.05, 0) is 55.2 Å². The summed E-state index contributed by atoms with van der Waals surface area (Å²) in [6, 6.07) is 28.3. The van der Waals surface area contributed by atoms with E-state index in [9.17, 15) is 20.2 Å². The van der Waals surface area contributed by atoms with E-state index in [1.54, 1.807) is 30.3 Å². The number of rotatable bonds is 8. The number of nitrogens with one attached hydrogen (secondary N) is 1. The first-order chi connectivity index (χ1) is 18.7. The highest BCUT2D eigenvalue weighted by molar-refractivity contribution is 5.69. The molecule has 0 aliphatic heterocycles. The van der Waals surface area contributed by atoms with Crippen molar-refractivity contribution < 1.29 is 20.1 Å². The molecule has 0 saturated heterocycles. The van der Waals surface area contributed by atoms with Gasteiger partial charge >= 0.3 is 0 Å². The lowest BCUT2D eigenvalue weighted by Gasteiger charge is -2.07. The minimum Gasteiger partial charge on any atom is -0.396 e. The second-order valence-corrected chi connectivity index (χ2v) is 8.34. The largest absolute Gasteiger partial charge is 0.396 e. The number of aliphatic hydroxyl groups excluding tert-OH is 2. The number of aryl methyl sites for hydroxylation is 1. The van der Waals surface area contributed by atoms with Crippen molar-refractivity contribution in [3.8, 4) is 0 Å². The van der Waals surface area contributed by atoms with Gasteiger partial charge in [0.05, 0.1) is 9.85 Å². The summed E-state index contributed by atoms with van der Waals surface area (Å²) in [7, 11) is 0. The molecule has 0 saturated carbocycles. The maximum absolute atomic E-state index is 10.9. The Morgan fingerprint density at radius 2 is 1.07 bits per heavy atom. The summed E-state index contributed by atoms with van der Waals surface area (Å²) in [5.74, 6) is 0. The minimum absolute atomic E-state index is 0. The number of nitro groups is 2. The fraction of sp³-hybridized carbons (Fsp3) is 0.273. The number of hydrogen-bond donors (Lipinski definition) is 4. The van der Waals surface area contributed by atoms with E-state index in [-0.39, 0.29) is 60.0 Å². The van der Waals surface area contributed by atoms with Crippen LogP contribution in [-0.4, -0.2) is 33.3 Å². The molecule has 0 bridgehead atoms. The Hall–Kier alpha value is -4.80. The lowest BCUT2D eigenvalue weighted by atomic mass is 10.1. The van der Waals surface area contributed by atoms with Crippen molar-refractivity contribution in [1.82, 2.24) is 0 Å². The Bertz CT molecular complexity index is 1330. The van der Waals surface area contributed by atoms with Crippen LogP contribution in [0.4, 0.5) is 28.4 Å². The Morgan fingerprint density at radius 1 is 0.651 bits per heavy atom. The molecular formula is C33H48N4O6. The number of aliphatic hydroxyl groups is 2. The zero-order valence-corrected chi connectivity index (χ0v) is 21.6. The first-order valence-corrected chi connectivity index (χ1v) is 12.1. The normalized spacial score (nSPS) is 8.91. The summed E-state index contributed by atoms with van der Waals surface area (Å²) in [5.41, 5.74) is 10.2. The van der Waals surface area contributed by atoms with Crippen molar-refractivity contribution in [2.24, 2.45) is 0 Å². The Labute approximate surface area is 256 Å². The maximum Gasteiger partial charge on any atom is 0.292 e. The third kappa shape index (κ3) is 15.1. The highest BCUT2D eigenvalue weighted by atomic mass is 16.6. The molecule has 0 atom stereocenters. The molecule has 0 aromatic heterocycles. The molecule has 0 radical (unpaired) electrons. The van der Waals surface area contributed by atoms with Gasteiger partial charge in [0.15, 0.2) is 0 Å². The van der Waals surface area contributed by atoms with Gasteiger partial charge in [-0.2, -0.15) is 0 Å². The van der Waals surface area contributed by atoms with Crippen LogP contribution in [0.25, 0.3) is 0 Å². The minimum atomic E-state index is -0.505. The molecule has 0 aliphatic rings. The van der Waals surface area contributed by atoms with Crippen LogP contribution in [0.5, 0.6) is 0 Å². The van der Waals surface area contributed by atoms with Crippen LogP contribution in [0.2, 0.25) is 0 Å². The molecule has 0 aliphatic carbocycles. The van der Waals surface area contributed by atoms with Crippen molar-refractivity contribution in [1.29, 1.82) is 0 Å². The van der Waals surface area contributed by atoms with Crippen LogP contribution in [0.15, 0.2) is 97.1 Å². The molecule has 10 nitrogen and oxygen atoms in total. The average molecular weight is 597 g/mol. The van der Waals surface area contributed by atoms with Gasteiger partial charge in [0.25, 0.3) is 11.4 Å². The number of nitro benzene ring substituents is 2.